The van der Waals surface area contributed by atoms with E-state index in [1.165, 1.54) is 6.07 Å². The van der Waals surface area contributed by atoms with Crippen molar-refractivity contribution in [2.45, 2.75) is 6.42 Å². The molecular formula is C23H23FN2O3. The van der Waals surface area contributed by atoms with E-state index in [0.717, 1.165) is 5.56 Å². The monoisotopic (exact) mass is 394 g/mol. The van der Waals surface area contributed by atoms with Gasteiger partial charge in [-0.2, -0.15) is 0 Å². The maximum Gasteiger partial charge on any atom is 0.228 e. The number of carbonyl (C=O) groups excluding carboxylic acids is 1. The number of hydrogen-bond donors (Lipinski definition) is 2. The Morgan fingerprint density at radius 1 is 1.00 bits per heavy atom. The Bertz CT molecular complexity index is 991. The first-order chi connectivity index (χ1) is 14.1. The van der Waals surface area contributed by atoms with E-state index in [2.05, 4.69) is 5.32 Å². The van der Waals surface area contributed by atoms with Gasteiger partial charge in [0.05, 0.1) is 13.5 Å². The first-order valence-electron chi connectivity index (χ1n) is 9.26. The number of nitrogens with one attached hydrogen (secondary N) is 1. The number of para-hydroxylation sites is 1. The molecule has 0 aliphatic rings. The molecule has 0 bridgehead atoms. The molecule has 0 spiro atoms. The van der Waals surface area contributed by atoms with Gasteiger partial charge in [-0.15, -0.1) is 0 Å². The summed E-state index contributed by atoms with van der Waals surface area (Å²) in [6, 6.07) is 18.9. The standard InChI is InChI=1S/C23H23FN2O3/c1-28-22-14-16(10-11-21(22)29-13-12-25)15-23(27)26-20-9-5-3-7-18(20)17-6-2-4-8-19(17)24/h2-11,14H,12-13,15,25H2,1H3,(H,26,27). The Balaban J connectivity index is 1.76. The second-order valence-electron chi connectivity index (χ2n) is 6.37. The van der Waals surface area contributed by atoms with Crippen LogP contribution in [0.15, 0.2) is 66.7 Å². The second-order valence-corrected chi connectivity index (χ2v) is 6.37. The maximum absolute atomic E-state index is 14.2. The van der Waals surface area contributed by atoms with E-state index in [4.69, 9.17) is 15.2 Å². The van der Waals surface area contributed by atoms with Crippen molar-refractivity contribution in [3.05, 3.63) is 78.1 Å². The lowest BCUT2D eigenvalue weighted by molar-refractivity contribution is -0.115. The summed E-state index contributed by atoms with van der Waals surface area (Å²) in [5, 5.41) is 2.88. The van der Waals surface area contributed by atoms with Gasteiger partial charge in [0, 0.05) is 23.4 Å². The molecule has 0 aliphatic heterocycles. The summed E-state index contributed by atoms with van der Waals surface area (Å²) in [4.78, 5) is 12.6. The zero-order valence-electron chi connectivity index (χ0n) is 16.2. The number of halogens is 1. The molecule has 0 fully saturated rings. The zero-order chi connectivity index (χ0) is 20.6. The molecule has 0 saturated heterocycles. The Hall–Kier alpha value is -3.38. The number of carbonyl (C=O) groups is 1. The normalized spacial score (nSPS) is 10.4. The highest BCUT2D eigenvalue weighted by Gasteiger charge is 2.13. The maximum atomic E-state index is 14.2. The summed E-state index contributed by atoms with van der Waals surface area (Å²) >= 11 is 0. The lowest BCUT2D eigenvalue weighted by Crippen LogP contribution is -2.15. The molecule has 1 amide bonds. The molecule has 0 atom stereocenters. The van der Waals surface area contributed by atoms with Crippen LogP contribution in [-0.2, 0) is 11.2 Å². The fourth-order valence-corrected chi connectivity index (χ4v) is 3.00. The minimum Gasteiger partial charge on any atom is -0.493 e. The van der Waals surface area contributed by atoms with Crippen molar-refractivity contribution in [2.24, 2.45) is 5.73 Å². The van der Waals surface area contributed by atoms with E-state index in [1.807, 2.05) is 6.07 Å². The first kappa shape index (κ1) is 20.4. The average Bonchev–Trinajstić information content (AvgIpc) is 2.73. The molecule has 3 aromatic rings. The lowest BCUT2D eigenvalue weighted by Gasteiger charge is -2.13. The third kappa shape index (κ3) is 5.12. The van der Waals surface area contributed by atoms with Crippen molar-refractivity contribution in [1.82, 2.24) is 0 Å². The summed E-state index contributed by atoms with van der Waals surface area (Å²) in [6.45, 7) is 0.776. The predicted molar refractivity (Wildman–Crippen MR) is 112 cm³/mol. The molecule has 150 valence electrons. The van der Waals surface area contributed by atoms with Crippen LogP contribution in [-0.4, -0.2) is 26.2 Å². The number of ether oxygens (including phenoxy) is 2. The van der Waals surface area contributed by atoms with Gasteiger partial charge >= 0.3 is 0 Å². The van der Waals surface area contributed by atoms with Crippen molar-refractivity contribution < 1.29 is 18.7 Å². The highest BCUT2D eigenvalue weighted by molar-refractivity contribution is 5.96. The van der Waals surface area contributed by atoms with E-state index in [9.17, 15) is 9.18 Å². The van der Waals surface area contributed by atoms with E-state index in [-0.39, 0.29) is 18.1 Å². The van der Waals surface area contributed by atoms with Crippen molar-refractivity contribution >= 4 is 11.6 Å². The average molecular weight is 394 g/mol. The Labute approximate surface area is 169 Å². The fraction of sp³-hybridized carbons (Fsp3) is 0.174. The zero-order valence-corrected chi connectivity index (χ0v) is 16.2. The molecule has 3 N–H and O–H groups in total. The molecule has 6 heteroatoms. The minimum absolute atomic E-state index is 0.138. The number of anilines is 1. The molecule has 0 unspecified atom stereocenters. The van der Waals surface area contributed by atoms with Gasteiger partial charge in [-0.05, 0) is 29.8 Å². The number of rotatable bonds is 8. The molecule has 0 heterocycles. The van der Waals surface area contributed by atoms with Gasteiger partial charge in [0.25, 0.3) is 0 Å². The van der Waals surface area contributed by atoms with Crippen LogP contribution in [0, 0.1) is 5.82 Å². The number of nitrogens with two attached hydrogens (primary N) is 1. The summed E-state index contributed by atoms with van der Waals surface area (Å²) < 4.78 is 25.1. The largest absolute Gasteiger partial charge is 0.493 e. The van der Waals surface area contributed by atoms with Crippen LogP contribution in [0.3, 0.4) is 0 Å². The predicted octanol–water partition coefficient (Wildman–Crippen LogP) is 4.02. The van der Waals surface area contributed by atoms with Crippen molar-refractivity contribution in [3.8, 4) is 22.6 Å². The summed E-state index contributed by atoms with van der Waals surface area (Å²) in [6.07, 6.45) is 0.138. The molecule has 0 aliphatic carbocycles. The van der Waals surface area contributed by atoms with Gasteiger partial charge < -0.3 is 20.5 Å². The van der Waals surface area contributed by atoms with E-state index < -0.39 is 0 Å². The highest BCUT2D eigenvalue weighted by atomic mass is 19.1. The molecule has 0 saturated carbocycles. The smallest absolute Gasteiger partial charge is 0.228 e. The SMILES string of the molecule is COc1cc(CC(=O)Nc2ccccc2-c2ccccc2F)ccc1OCCN. The first-order valence-corrected chi connectivity index (χ1v) is 9.26. The third-order valence-electron chi connectivity index (χ3n) is 4.33. The van der Waals surface area contributed by atoms with Gasteiger partial charge in [0.1, 0.15) is 12.4 Å². The van der Waals surface area contributed by atoms with E-state index in [0.29, 0.717) is 41.5 Å². The molecule has 5 nitrogen and oxygen atoms in total. The summed E-state index contributed by atoms with van der Waals surface area (Å²) in [5.41, 5.74) is 7.84. The number of methoxy groups -OCH3 is 1. The van der Waals surface area contributed by atoms with Crippen molar-refractivity contribution in [1.29, 1.82) is 0 Å². The summed E-state index contributed by atoms with van der Waals surface area (Å²) in [5.74, 6) is 0.556. The van der Waals surface area contributed by atoms with E-state index >= 15 is 0 Å². The fourth-order valence-electron chi connectivity index (χ4n) is 3.00. The van der Waals surface area contributed by atoms with Crippen LogP contribution in [0.2, 0.25) is 0 Å². The van der Waals surface area contributed by atoms with Crippen LogP contribution in [0.25, 0.3) is 11.1 Å². The van der Waals surface area contributed by atoms with Crippen LogP contribution >= 0.6 is 0 Å². The van der Waals surface area contributed by atoms with Crippen molar-refractivity contribution in [3.63, 3.8) is 0 Å². The Morgan fingerprint density at radius 2 is 1.72 bits per heavy atom. The van der Waals surface area contributed by atoms with Gasteiger partial charge in [-0.3, -0.25) is 4.79 Å². The van der Waals surface area contributed by atoms with Crippen LogP contribution in [0.5, 0.6) is 11.5 Å². The third-order valence-corrected chi connectivity index (χ3v) is 4.33. The minimum atomic E-state index is -0.341. The molecule has 3 aromatic carbocycles. The molecular weight excluding hydrogens is 371 g/mol. The summed E-state index contributed by atoms with van der Waals surface area (Å²) in [7, 11) is 1.54. The van der Waals surface area contributed by atoms with Crippen LogP contribution in [0.1, 0.15) is 5.56 Å². The van der Waals surface area contributed by atoms with Gasteiger partial charge in [-0.1, -0.05) is 42.5 Å². The lowest BCUT2D eigenvalue weighted by atomic mass is 10.0. The van der Waals surface area contributed by atoms with E-state index in [1.54, 1.807) is 61.7 Å². The molecule has 3 rings (SSSR count). The van der Waals surface area contributed by atoms with Gasteiger partial charge in [0.15, 0.2) is 11.5 Å². The van der Waals surface area contributed by atoms with Crippen LogP contribution in [0.4, 0.5) is 10.1 Å². The number of hydrogen-bond acceptors (Lipinski definition) is 4. The molecule has 0 radical (unpaired) electrons. The Morgan fingerprint density at radius 3 is 2.45 bits per heavy atom. The molecule has 29 heavy (non-hydrogen) atoms. The van der Waals surface area contributed by atoms with Gasteiger partial charge in [-0.25, -0.2) is 4.39 Å². The highest BCUT2D eigenvalue weighted by Crippen LogP contribution is 2.31. The number of benzene rings is 3. The second kappa shape index (κ2) is 9.71. The van der Waals surface area contributed by atoms with Crippen LogP contribution < -0.4 is 20.5 Å². The molecule has 0 aromatic heterocycles. The van der Waals surface area contributed by atoms with Gasteiger partial charge in [0.2, 0.25) is 5.91 Å². The Kier molecular flexibility index (Phi) is 6.81. The topological polar surface area (TPSA) is 73.6 Å². The van der Waals surface area contributed by atoms with Crippen molar-refractivity contribution in [2.75, 3.05) is 25.6 Å². The number of amides is 1. The quantitative estimate of drug-likeness (QED) is 0.605.